The van der Waals surface area contributed by atoms with Gasteiger partial charge in [-0.1, -0.05) is 31.9 Å². The number of amides is 1. The highest BCUT2D eigenvalue weighted by molar-refractivity contribution is 6.29. The van der Waals surface area contributed by atoms with Crippen LogP contribution in [0.5, 0.6) is 0 Å². The Labute approximate surface area is 133 Å². The van der Waals surface area contributed by atoms with Gasteiger partial charge in [0.1, 0.15) is 5.15 Å². The molecular weight excluding hydrogens is 286 g/mol. The molecule has 4 nitrogen and oxygen atoms in total. The molecule has 0 aromatic carbocycles. The highest BCUT2D eigenvalue weighted by Crippen LogP contribution is 2.14. The Balaban J connectivity index is 2.91. The molecule has 1 aromatic heterocycles. The first-order valence-electron chi connectivity index (χ1n) is 7.58. The van der Waals surface area contributed by atoms with Crippen LogP contribution in [0.4, 0.5) is 0 Å². The van der Waals surface area contributed by atoms with E-state index in [2.05, 4.69) is 23.7 Å². The molecule has 0 aliphatic rings. The van der Waals surface area contributed by atoms with Crippen molar-refractivity contribution < 1.29 is 4.79 Å². The van der Waals surface area contributed by atoms with Crippen molar-refractivity contribution in [1.82, 2.24) is 14.8 Å². The zero-order chi connectivity index (χ0) is 15.8. The van der Waals surface area contributed by atoms with Crippen molar-refractivity contribution in [2.45, 2.75) is 33.1 Å². The van der Waals surface area contributed by atoms with E-state index in [0.29, 0.717) is 10.7 Å². The van der Waals surface area contributed by atoms with Crippen molar-refractivity contribution in [3.8, 4) is 0 Å². The van der Waals surface area contributed by atoms with Gasteiger partial charge in [0, 0.05) is 30.9 Å². The second-order valence-corrected chi connectivity index (χ2v) is 5.90. The van der Waals surface area contributed by atoms with Crippen LogP contribution in [-0.2, 0) is 6.42 Å². The quantitative estimate of drug-likeness (QED) is 0.692. The maximum absolute atomic E-state index is 12.7. The van der Waals surface area contributed by atoms with Crippen molar-refractivity contribution in [2.24, 2.45) is 0 Å². The molecule has 0 saturated heterocycles. The number of likely N-dealkylation sites (N-methyl/N-ethyl adjacent to an activating group) is 1. The Morgan fingerprint density at radius 2 is 1.86 bits per heavy atom. The molecule has 1 amide bonds. The molecule has 0 atom stereocenters. The number of rotatable bonds is 8. The second-order valence-electron chi connectivity index (χ2n) is 5.52. The van der Waals surface area contributed by atoms with Gasteiger partial charge in [0.05, 0.1) is 0 Å². The van der Waals surface area contributed by atoms with Crippen LogP contribution in [0.3, 0.4) is 0 Å². The molecule has 0 spiro atoms. The van der Waals surface area contributed by atoms with E-state index in [0.717, 1.165) is 44.6 Å². The third kappa shape index (κ3) is 6.02. The Kier molecular flexibility index (Phi) is 7.68. The van der Waals surface area contributed by atoms with Gasteiger partial charge in [0.15, 0.2) is 0 Å². The van der Waals surface area contributed by atoms with Crippen LogP contribution in [0.15, 0.2) is 12.1 Å². The average Bonchev–Trinajstić information content (AvgIpc) is 2.42. The lowest BCUT2D eigenvalue weighted by Crippen LogP contribution is -2.37. The summed E-state index contributed by atoms with van der Waals surface area (Å²) in [6.45, 7) is 6.51. The van der Waals surface area contributed by atoms with Crippen molar-refractivity contribution in [1.29, 1.82) is 0 Å². The van der Waals surface area contributed by atoms with Gasteiger partial charge in [-0.15, -0.1) is 0 Å². The molecule has 0 saturated carbocycles. The summed E-state index contributed by atoms with van der Waals surface area (Å²) in [4.78, 5) is 20.9. The molecule has 1 heterocycles. The van der Waals surface area contributed by atoms with E-state index >= 15 is 0 Å². The molecular formula is C16H26ClN3O. The zero-order valence-corrected chi connectivity index (χ0v) is 14.3. The normalized spacial score (nSPS) is 11.0. The summed E-state index contributed by atoms with van der Waals surface area (Å²) < 4.78 is 0. The van der Waals surface area contributed by atoms with E-state index in [9.17, 15) is 4.79 Å². The van der Waals surface area contributed by atoms with Crippen LogP contribution in [-0.4, -0.2) is 54.4 Å². The maximum Gasteiger partial charge on any atom is 0.254 e. The number of aromatic nitrogens is 1. The van der Waals surface area contributed by atoms with E-state index in [4.69, 9.17) is 11.6 Å². The third-order valence-electron chi connectivity index (χ3n) is 3.20. The van der Waals surface area contributed by atoms with E-state index in [1.807, 2.05) is 25.1 Å². The Hall–Kier alpha value is -1.13. The van der Waals surface area contributed by atoms with Gasteiger partial charge in [-0.3, -0.25) is 4.79 Å². The minimum atomic E-state index is 0.0420. The summed E-state index contributed by atoms with van der Waals surface area (Å²) in [5.41, 5.74) is 1.53. The number of hydrogen-bond acceptors (Lipinski definition) is 3. The summed E-state index contributed by atoms with van der Waals surface area (Å²) in [5.74, 6) is 0.0420. The smallest absolute Gasteiger partial charge is 0.254 e. The van der Waals surface area contributed by atoms with Gasteiger partial charge in [0.25, 0.3) is 5.91 Å². The van der Waals surface area contributed by atoms with Gasteiger partial charge >= 0.3 is 0 Å². The first-order valence-corrected chi connectivity index (χ1v) is 7.96. The fourth-order valence-corrected chi connectivity index (χ4v) is 2.37. The molecule has 0 bridgehead atoms. The van der Waals surface area contributed by atoms with Gasteiger partial charge < -0.3 is 9.80 Å². The Morgan fingerprint density at radius 3 is 2.43 bits per heavy atom. The summed E-state index contributed by atoms with van der Waals surface area (Å²) in [7, 11) is 4.02. The van der Waals surface area contributed by atoms with Crippen LogP contribution in [0.1, 0.15) is 42.7 Å². The second kappa shape index (κ2) is 9.00. The maximum atomic E-state index is 12.7. The molecule has 1 rings (SSSR count). The highest BCUT2D eigenvalue weighted by atomic mass is 35.5. The number of pyridine rings is 1. The van der Waals surface area contributed by atoms with Gasteiger partial charge in [-0.05, 0) is 39.1 Å². The average molecular weight is 312 g/mol. The van der Waals surface area contributed by atoms with Crippen LogP contribution < -0.4 is 0 Å². The lowest BCUT2D eigenvalue weighted by Gasteiger charge is -2.24. The molecule has 118 valence electrons. The minimum Gasteiger partial charge on any atom is -0.337 e. The number of aryl methyl sites for hydroxylation is 1. The molecule has 5 heteroatoms. The van der Waals surface area contributed by atoms with E-state index < -0.39 is 0 Å². The summed E-state index contributed by atoms with van der Waals surface area (Å²) in [6.07, 6.45) is 2.77. The molecule has 1 aromatic rings. The lowest BCUT2D eigenvalue weighted by molar-refractivity contribution is 0.0744. The number of halogens is 1. The lowest BCUT2D eigenvalue weighted by atomic mass is 10.1. The molecule has 0 N–H and O–H groups in total. The monoisotopic (exact) mass is 311 g/mol. The Morgan fingerprint density at radius 1 is 1.14 bits per heavy atom. The molecule has 0 radical (unpaired) electrons. The summed E-state index contributed by atoms with van der Waals surface area (Å²) in [6, 6.07) is 3.54. The Bertz CT molecular complexity index is 463. The highest BCUT2D eigenvalue weighted by Gasteiger charge is 2.16. The van der Waals surface area contributed by atoms with Gasteiger partial charge in [-0.2, -0.15) is 0 Å². The van der Waals surface area contributed by atoms with Crippen molar-refractivity contribution in [2.75, 3.05) is 33.7 Å². The van der Waals surface area contributed by atoms with Gasteiger partial charge in [0.2, 0.25) is 0 Å². The van der Waals surface area contributed by atoms with Crippen molar-refractivity contribution >= 4 is 17.5 Å². The van der Waals surface area contributed by atoms with Crippen molar-refractivity contribution in [3.05, 3.63) is 28.5 Å². The van der Waals surface area contributed by atoms with E-state index in [1.165, 1.54) is 0 Å². The first-order chi connectivity index (χ1) is 9.97. The predicted octanol–water partition coefficient (Wildman–Crippen LogP) is 3.10. The van der Waals surface area contributed by atoms with E-state index in [1.54, 1.807) is 6.07 Å². The fraction of sp³-hybridized carbons (Fsp3) is 0.625. The SMILES string of the molecule is CCCc1cc(C(=O)N(CCC)CCN(C)C)cc(Cl)n1. The minimum absolute atomic E-state index is 0.0420. The van der Waals surface area contributed by atoms with Crippen LogP contribution in [0.2, 0.25) is 5.15 Å². The number of carbonyl (C=O) groups is 1. The largest absolute Gasteiger partial charge is 0.337 e. The third-order valence-corrected chi connectivity index (χ3v) is 3.39. The number of hydrogen-bond donors (Lipinski definition) is 0. The molecule has 21 heavy (non-hydrogen) atoms. The van der Waals surface area contributed by atoms with Crippen LogP contribution in [0.25, 0.3) is 0 Å². The molecule has 0 aliphatic carbocycles. The fourth-order valence-electron chi connectivity index (χ4n) is 2.15. The zero-order valence-electron chi connectivity index (χ0n) is 13.5. The van der Waals surface area contributed by atoms with Crippen molar-refractivity contribution in [3.63, 3.8) is 0 Å². The predicted molar refractivity (Wildman–Crippen MR) is 88.0 cm³/mol. The first kappa shape index (κ1) is 17.9. The number of carbonyl (C=O) groups excluding carboxylic acids is 1. The van der Waals surface area contributed by atoms with Crippen LogP contribution in [0, 0.1) is 0 Å². The molecule has 0 fully saturated rings. The summed E-state index contributed by atoms with van der Waals surface area (Å²) in [5, 5.41) is 0.397. The van der Waals surface area contributed by atoms with Gasteiger partial charge in [-0.25, -0.2) is 4.98 Å². The van der Waals surface area contributed by atoms with Crippen LogP contribution >= 0.6 is 11.6 Å². The van der Waals surface area contributed by atoms with E-state index in [-0.39, 0.29) is 5.91 Å². The topological polar surface area (TPSA) is 36.4 Å². The molecule has 0 aliphatic heterocycles. The summed E-state index contributed by atoms with van der Waals surface area (Å²) >= 11 is 6.05. The number of nitrogens with zero attached hydrogens (tertiary/aromatic N) is 3. The molecule has 0 unspecified atom stereocenters. The standard InChI is InChI=1S/C16H26ClN3O/c1-5-7-14-11-13(12-15(17)18-14)16(21)20(8-6-2)10-9-19(3)4/h11-12H,5-10H2,1-4H3.